The first-order valence-corrected chi connectivity index (χ1v) is 13.7. The first-order valence-electron chi connectivity index (χ1n) is 12.1. The third-order valence-electron chi connectivity index (χ3n) is 6.69. The lowest BCUT2D eigenvalue weighted by Crippen LogP contribution is -2.05. The van der Waals surface area contributed by atoms with E-state index in [2.05, 4.69) is 53.1 Å². The van der Waals surface area contributed by atoms with Crippen molar-refractivity contribution in [2.24, 2.45) is 0 Å². The highest BCUT2D eigenvalue weighted by Gasteiger charge is 2.22. The minimum atomic E-state index is 0.636. The number of rotatable bonds is 3. The summed E-state index contributed by atoms with van der Waals surface area (Å²) in [7, 11) is 0. The maximum absolute atomic E-state index is 5.04. The van der Waals surface area contributed by atoms with E-state index in [1.807, 2.05) is 83.3 Å². The number of nitrogens with zero attached hydrogens (tertiary/aromatic N) is 4. The van der Waals surface area contributed by atoms with E-state index in [-0.39, 0.29) is 0 Å². The Labute approximate surface area is 220 Å². The molecule has 0 unspecified atom stereocenters. The molecule has 174 valence electrons. The average Bonchev–Trinajstić information content (AvgIpc) is 3.61. The molecule has 0 N–H and O–H groups in total. The van der Waals surface area contributed by atoms with Gasteiger partial charge in [0, 0.05) is 32.0 Å². The maximum atomic E-state index is 5.04. The largest absolute Gasteiger partial charge is 0.269 e. The zero-order valence-electron chi connectivity index (χ0n) is 19.5. The highest BCUT2D eigenvalue weighted by atomic mass is 32.1. The molecule has 0 aliphatic heterocycles. The Morgan fingerprint density at radius 2 is 1.11 bits per heavy atom. The van der Waals surface area contributed by atoms with Gasteiger partial charge in [0.2, 0.25) is 5.95 Å². The molecule has 0 aliphatic rings. The van der Waals surface area contributed by atoms with Gasteiger partial charge in [0.25, 0.3) is 0 Å². The molecule has 0 saturated heterocycles. The number of benzene rings is 4. The lowest BCUT2D eigenvalue weighted by Gasteiger charge is -2.10. The Hall–Kier alpha value is -4.39. The Bertz CT molecular complexity index is 2030. The number of thiophene rings is 2. The number of aromatic nitrogens is 4. The molecule has 0 aliphatic carbocycles. The normalized spacial score (nSPS) is 11.8. The molecule has 0 spiro atoms. The van der Waals surface area contributed by atoms with Crippen LogP contribution in [0.3, 0.4) is 0 Å². The Morgan fingerprint density at radius 3 is 1.81 bits per heavy atom. The van der Waals surface area contributed by atoms with Gasteiger partial charge in [0.05, 0.1) is 14.9 Å². The van der Waals surface area contributed by atoms with Gasteiger partial charge in [-0.15, -0.1) is 22.7 Å². The fraction of sp³-hybridized carbons (Fsp3) is 0. The second-order valence-corrected chi connectivity index (χ2v) is 11.0. The predicted octanol–water partition coefficient (Wildman–Crippen LogP) is 8.73. The van der Waals surface area contributed by atoms with Crippen LogP contribution in [0.15, 0.2) is 109 Å². The van der Waals surface area contributed by atoms with Crippen molar-refractivity contribution in [1.82, 2.24) is 19.5 Å². The molecule has 8 aromatic rings. The summed E-state index contributed by atoms with van der Waals surface area (Å²) in [6.07, 6.45) is 0. The second-order valence-electron chi connectivity index (χ2n) is 8.91. The van der Waals surface area contributed by atoms with Crippen LogP contribution in [0.2, 0.25) is 0 Å². The van der Waals surface area contributed by atoms with Gasteiger partial charge in [0.15, 0.2) is 11.6 Å². The molecule has 0 fully saturated rings. The summed E-state index contributed by atoms with van der Waals surface area (Å²) in [5.74, 6) is 1.97. The van der Waals surface area contributed by atoms with E-state index in [1.54, 1.807) is 0 Å². The maximum Gasteiger partial charge on any atom is 0.239 e. The molecule has 0 radical (unpaired) electrons. The van der Waals surface area contributed by atoms with Gasteiger partial charge < -0.3 is 0 Å². The van der Waals surface area contributed by atoms with Gasteiger partial charge in [-0.1, -0.05) is 97.1 Å². The van der Waals surface area contributed by atoms with Gasteiger partial charge in [-0.05, 0) is 12.1 Å². The fourth-order valence-corrected chi connectivity index (χ4v) is 7.81. The summed E-state index contributed by atoms with van der Waals surface area (Å²) in [5.41, 5.74) is 3.04. The van der Waals surface area contributed by atoms with Crippen molar-refractivity contribution in [3.63, 3.8) is 0 Å². The summed E-state index contributed by atoms with van der Waals surface area (Å²) in [5, 5.41) is 3.81. The van der Waals surface area contributed by atoms with E-state index < -0.39 is 0 Å². The smallest absolute Gasteiger partial charge is 0.239 e. The van der Waals surface area contributed by atoms with E-state index in [9.17, 15) is 0 Å². The molecule has 4 heterocycles. The highest BCUT2D eigenvalue weighted by Crippen LogP contribution is 2.48. The molecule has 0 saturated carbocycles. The first kappa shape index (κ1) is 20.8. The van der Waals surface area contributed by atoms with Crippen LogP contribution >= 0.6 is 22.7 Å². The van der Waals surface area contributed by atoms with Gasteiger partial charge in [-0.25, -0.2) is 4.98 Å². The van der Waals surface area contributed by atoms with Crippen LogP contribution in [0.4, 0.5) is 0 Å². The Balaban J connectivity index is 1.49. The van der Waals surface area contributed by atoms with Crippen LogP contribution in [0.5, 0.6) is 0 Å². The van der Waals surface area contributed by atoms with Crippen molar-refractivity contribution in [2.75, 3.05) is 0 Å². The molecule has 6 heteroatoms. The van der Waals surface area contributed by atoms with Gasteiger partial charge in [-0.3, -0.25) is 4.57 Å². The fourth-order valence-electron chi connectivity index (χ4n) is 5.01. The van der Waals surface area contributed by atoms with Crippen molar-refractivity contribution >= 4 is 63.3 Å². The third kappa shape index (κ3) is 3.16. The Kier molecular flexibility index (Phi) is 4.53. The summed E-state index contributed by atoms with van der Waals surface area (Å²) in [4.78, 5) is 16.1. The molecule has 4 nitrogen and oxygen atoms in total. The van der Waals surface area contributed by atoms with E-state index >= 15 is 0 Å². The lowest BCUT2D eigenvalue weighted by molar-refractivity contribution is 0.957. The van der Waals surface area contributed by atoms with Crippen molar-refractivity contribution in [2.45, 2.75) is 0 Å². The number of hydrogen-bond donors (Lipinski definition) is 0. The van der Waals surface area contributed by atoms with E-state index in [0.29, 0.717) is 17.6 Å². The molecular formula is C31H18N4S2. The molecule has 0 amide bonds. The standard InChI is InChI=1S/C31H18N4S2/c1-3-11-19(12-4-1)28-32-29(20-13-5-2-6-14-20)34-31(33-28)35-23-17-9-7-15-21(23)25-27-26(37-30(25)35)22-16-8-10-18-24(22)36-27/h1-18H. The average molecular weight is 511 g/mol. The summed E-state index contributed by atoms with van der Waals surface area (Å²) in [6, 6.07) is 37.5. The van der Waals surface area contributed by atoms with E-state index in [0.717, 1.165) is 21.5 Å². The minimum absolute atomic E-state index is 0.636. The molecule has 0 bridgehead atoms. The third-order valence-corrected chi connectivity index (χ3v) is 9.22. The topological polar surface area (TPSA) is 43.6 Å². The number of para-hydroxylation sites is 1. The molecule has 4 aromatic carbocycles. The van der Waals surface area contributed by atoms with E-state index in [1.165, 1.54) is 30.3 Å². The zero-order chi connectivity index (χ0) is 24.3. The van der Waals surface area contributed by atoms with Crippen LogP contribution in [0.1, 0.15) is 0 Å². The Morgan fingerprint density at radius 1 is 0.514 bits per heavy atom. The van der Waals surface area contributed by atoms with Crippen molar-refractivity contribution in [3.05, 3.63) is 109 Å². The quantitative estimate of drug-likeness (QED) is 0.239. The first-order chi connectivity index (χ1) is 18.3. The van der Waals surface area contributed by atoms with Crippen LogP contribution in [-0.2, 0) is 0 Å². The van der Waals surface area contributed by atoms with Gasteiger partial charge in [-0.2, -0.15) is 9.97 Å². The molecule has 37 heavy (non-hydrogen) atoms. The summed E-state index contributed by atoms with van der Waals surface area (Å²) < 4.78 is 6.19. The predicted molar refractivity (Wildman–Crippen MR) is 156 cm³/mol. The second kappa shape index (κ2) is 8.06. The van der Waals surface area contributed by atoms with Gasteiger partial charge in [0.1, 0.15) is 4.83 Å². The van der Waals surface area contributed by atoms with Crippen LogP contribution in [-0.4, -0.2) is 19.5 Å². The number of hydrogen-bond acceptors (Lipinski definition) is 5. The monoisotopic (exact) mass is 510 g/mol. The van der Waals surface area contributed by atoms with E-state index in [4.69, 9.17) is 15.0 Å². The molecule has 0 atom stereocenters. The summed E-state index contributed by atoms with van der Waals surface area (Å²) >= 11 is 3.69. The van der Waals surface area contributed by atoms with Crippen LogP contribution < -0.4 is 0 Å². The van der Waals surface area contributed by atoms with Crippen LogP contribution in [0, 0.1) is 0 Å². The number of fused-ring (bicyclic) bond motifs is 7. The van der Waals surface area contributed by atoms with Crippen molar-refractivity contribution < 1.29 is 0 Å². The van der Waals surface area contributed by atoms with Crippen molar-refractivity contribution in [1.29, 1.82) is 0 Å². The van der Waals surface area contributed by atoms with Crippen LogP contribution in [0.25, 0.3) is 69.3 Å². The summed E-state index contributed by atoms with van der Waals surface area (Å²) in [6.45, 7) is 0. The van der Waals surface area contributed by atoms with Gasteiger partial charge >= 0.3 is 0 Å². The molecular weight excluding hydrogens is 493 g/mol. The highest BCUT2D eigenvalue weighted by molar-refractivity contribution is 7.36. The van der Waals surface area contributed by atoms with Crippen molar-refractivity contribution in [3.8, 4) is 28.7 Å². The molecule has 8 rings (SSSR count). The SMILES string of the molecule is c1ccc(-c2nc(-c3ccccc3)nc(-n3c4ccccc4c4c5sc6ccccc6c5sc43)n2)cc1. The zero-order valence-corrected chi connectivity index (χ0v) is 21.1. The molecule has 4 aromatic heterocycles. The lowest BCUT2D eigenvalue weighted by atomic mass is 10.2. The minimum Gasteiger partial charge on any atom is -0.269 e.